The van der Waals surface area contributed by atoms with Gasteiger partial charge in [-0.2, -0.15) is 0 Å². The number of hydrogen-bond acceptors (Lipinski definition) is 5. The fourth-order valence-electron chi connectivity index (χ4n) is 4.32. The minimum Gasteiger partial charge on any atom is -0.507 e. The number of methoxy groups -OCH3 is 1. The van der Waals surface area contributed by atoms with Crippen LogP contribution in [0.5, 0.6) is 11.5 Å². The summed E-state index contributed by atoms with van der Waals surface area (Å²) < 4.78 is 11.1. The average Bonchev–Trinajstić information content (AvgIpc) is 3.09. The molecule has 3 aromatic carbocycles. The van der Waals surface area contributed by atoms with E-state index in [9.17, 15) is 14.7 Å². The van der Waals surface area contributed by atoms with Gasteiger partial charge in [0.25, 0.3) is 11.7 Å². The van der Waals surface area contributed by atoms with Gasteiger partial charge in [-0.25, -0.2) is 0 Å². The summed E-state index contributed by atoms with van der Waals surface area (Å²) in [4.78, 5) is 28.2. The van der Waals surface area contributed by atoms with E-state index in [4.69, 9.17) is 21.1 Å². The lowest BCUT2D eigenvalue weighted by molar-refractivity contribution is -0.132. The summed E-state index contributed by atoms with van der Waals surface area (Å²) in [5.74, 6) is -1.07. The van der Waals surface area contributed by atoms with E-state index in [1.165, 1.54) is 12.0 Å². The molecule has 7 heteroatoms. The number of aryl methyl sites for hydroxylation is 2. The zero-order valence-electron chi connectivity index (χ0n) is 20.0. The van der Waals surface area contributed by atoms with Crippen molar-refractivity contribution in [3.05, 3.63) is 93.5 Å². The van der Waals surface area contributed by atoms with E-state index in [0.717, 1.165) is 11.1 Å². The first-order valence-electron chi connectivity index (χ1n) is 11.2. The topological polar surface area (TPSA) is 76.1 Å². The molecule has 1 unspecified atom stereocenters. The molecule has 35 heavy (non-hydrogen) atoms. The molecule has 3 aromatic rings. The summed E-state index contributed by atoms with van der Waals surface area (Å²) in [6, 6.07) is 16.9. The molecule has 1 N–H and O–H groups in total. The molecular weight excluding hydrogens is 466 g/mol. The van der Waals surface area contributed by atoms with Crippen molar-refractivity contribution in [2.24, 2.45) is 0 Å². The van der Waals surface area contributed by atoms with Gasteiger partial charge in [0.05, 0.1) is 35.9 Å². The maximum Gasteiger partial charge on any atom is 0.300 e. The summed E-state index contributed by atoms with van der Waals surface area (Å²) in [6.07, 6.45) is 0. The van der Waals surface area contributed by atoms with E-state index in [2.05, 4.69) is 0 Å². The Bertz CT molecular complexity index is 1330. The van der Waals surface area contributed by atoms with Gasteiger partial charge in [0.2, 0.25) is 0 Å². The van der Waals surface area contributed by atoms with Crippen LogP contribution in [0.1, 0.15) is 35.2 Å². The van der Waals surface area contributed by atoms with E-state index >= 15 is 0 Å². The highest BCUT2D eigenvalue weighted by atomic mass is 35.5. The van der Waals surface area contributed by atoms with Crippen molar-refractivity contribution >= 4 is 34.7 Å². The highest BCUT2D eigenvalue weighted by molar-refractivity contribution is 6.51. The second-order valence-electron chi connectivity index (χ2n) is 8.34. The van der Waals surface area contributed by atoms with E-state index < -0.39 is 17.7 Å². The third-order valence-electron chi connectivity index (χ3n) is 5.89. The fourth-order valence-corrected chi connectivity index (χ4v) is 4.67. The lowest BCUT2D eigenvalue weighted by Gasteiger charge is -2.26. The molecule has 0 aliphatic carbocycles. The van der Waals surface area contributed by atoms with Gasteiger partial charge < -0.3 is 14.6 Å². The molecule has 0 spiro atoms. The molecular formula is C28H26ClNO5. The molecule has 4 rings (SSSR count). The number of benzene rings is 3. The number of hydrogen-bond donors (Lipinski definition) is 1. The van der Waals surface area contributed by atoms with Crippen LogP contribution >= 0.6 is 11.6 Å². The van der Waals surface area contributed by atoms with Crippen molar-refractivity contribution < 1.29 is 24.2 Å². The SMILES string of the molecule is CCOc1cccc(C2/C(=C(\O)c3cc(C)cc(Cl)c3OC)C(=O)C(=O)N2c2ccc(C)cc2)c1. The van der Waals surface area contributed by atoms with Gasteiger partial charge in [0.1, 0.15) is 17.3 Å². The third kappa shape index (κ3) is 4.49. The number of halogens is 1. The van der Waals surface area contributed by atoms with Crippen LogP contribution in [0.15, 0.2) is 66.2 Å². The van der Waals surface area contributed by atoms with Gasteiger partial charge in [-0.1, -0.05) is 41.4 Å². The van der Waals surface area contributed by atoms with Crippen LogP contribution in [-0.2, 0) is 9.59 Å². The highest BCUT2D eigenvalue weighted by Gasteiger charge is 2.47. The maximum absolute atomic E-state index is 13.4. The Morgan fingerprint density at radius 3 is 2.40 bits per heavy atom. The monoisotopic (exact) mass is 491 g/mol. The van der Waals surface area contributed by atoms with Crippen LogP contribution in [0.3, 0.4) is 0 Å². The Kier molecular flexibility index (Phi) is 6.85. The Hall–Kier alpha value is -3.77. The number of carbonyl (C=O) groups excluding carboxylic acids is 2. The number of nitrogens with zero attached hydrogens (tertiary/aromatic N) is 1. The molecule has 1 aliphatic heterocycles. The van der Waals surface area contributed by atoms with Gasteiger partial charge in [0.15, 0.2) is 0 Å². The number of anilines is 1. The summed E-state index contributed by atoms with van der Waals surface area (Å²) in [6.45, 7) is 6.09. The predicted octanol–water partition coefficient (Wildman–Crippen LogP) is 5.99. The van der Waals surface area contributed by atoms with E-state index in [0.29, 0.717) is 23.6 Å². The van der Waals surface area contributed by atoms with Crippen LogP contribution in [0.4, 0.5) is 5.69 Å². The van der Waals surface area contributed by atoms with E-state index in [1.54, 1.807) is 48.5 Å². The van der Waals surface area contributed by atoms with Crippen LogP contribution in [0.25, 0.3) is 5.76 Å². The van der Waals surface area contributed by atoms with Gasteiger partial charge in [-0.15, -0.1) is 0 Å². The normalized spacial score (nSPS) is 17.1. The first kappa shape index (κ1) is 24.4. The number of amides is 1. The van der Waals surface area contributed by atoms with Crippen molar-refractivity contribution in [3.8, 4) is 11.5 Å². The van der Waals surface area contributed by atoms with Crippen molar-refractivity contribution in [1.82, 2.24) is 0 Å². The highest BCUT2D eigenvalue weighted by Crippen LogP contribution is 2.45. The van der Waals surface area contributed by atoms with Crippen molar-refractivity contribution in [2.45, 2.75) is 26.8 Å². The van der Waals surface area contributed by atoms with Crippen molar-refractivity contribution in [2.75, 3.05) is 18.6 Å². The Balaban J connectivity index is 2.00. The Labute approximate surface area is 209 Å². The molecule has 1 fully saturated rings. The van der Waals surface area contributed by atoms with Gasteiger partial charge >= 0.3 is 0 Å². The number of rotatable bonds is 6. The molecule has 0 radical (unpaired) electrons. The maximum atomic E-state index is 13.4. The molecule has 180 valence electrons. The number of aliphatic hydroxyl groups is 1. The average molecular weight is 492 g/mol. The minimum atomic E-state index is -0.887. The first-order chi connectivity index (χ1) is 16.8. The largest absolute Gasteiger partial charge is 0.507 e. The van der Waals surface area contributed by atoms with Crippen LogP contribution in [0, 0.1) is 13.8 Å². The number of ether oxygens (including phenoxy) is 2. The van der Waals surface area contributed by atoms with E-state index in [1.807, 2.05) is 32.9 Å². The number of aliphatic hydroxyl groups excluding tert-OH is 1. The number of ketones is 1. The molecule has 1 heterocycles. The fraction of sp³-hybridized carbons (Fsp3) is 0.214. The van der Waals surface area contributed by atoms with Crippen molar-refractivity contribution in [3.63, 3.8) is 0 Å². The zero-order chi connectivity index (χ0) is 25.3. The van der Waals surface area contributed by atoms with Gasteiger partial charge in [0, 0.05) is 5.69 Å². The van der Waals surface area contributed by atoms with E-state index in [-0.39, 0.29) is 27.7 Å². The molecule has 0 saturated carbocycles. The molecule has 6 nitrogen and oxygen atoms in total. The molecule has 1 aliphatic rings. The second-order valence-corrected chi connectivity index (χ2v) is 8.74. The molecule has 1 amide bonds. The van der Waals surface area contributed by atoms with Crippen LogP contribution in [-0.4, -0.2) is 30.5 Å². The quantitative estimate of drug-likeness (QED) is 0.260. The predicted molar refractivity (Wildman–Crippen MR) is 136 cm³/mol. The van der Waals surface area contributed by atoms with Crippen molar-refractivity contribution in [1.29, 1.82) is 0 Å². The second kappa shape index (κ2) is 9.84. The Morgan fingerprint density at radius 2 is 1.74 bits per heavy atom. The number of Topliss-reactive ketones (excluding diaryl/α,β-unsaturated/α-hetero) is 1. The summed E-state index contributed by atoms with van der Waals surface area (Å²) in [5, 5.41) is 11.8. The summed E-state index contributed by atoms with van der Waals surface area (Å²) >= 11 is 6.36. The summed E-state index contributed by atoms with van der Waals surface area (Å²) in [5.41, 5.74) is 3.13. The van der Waals surface area contributed by atoms with Crippen LogP contribution in [0.2, 0.25) is 5.02 Å². The Morgan fingerprint density at radius 1 is 1.03 bits per heavy atom. The first-order valence-corrected chi connectivity index (χ1v) is 11.6. The lowest BCUT2D eigenvalue weighted by Crippen LogP contribution is -2.29. The molecule has 0 bridgehead atoms. The van der Waals surface area contributed by atoms with Crippen LogP contribution < -0.4 is 14.4 Å². The molecule has 1 saturated heterocycles. The number of carbonyl (C=O) groups is 2. The van der Waals surface area contributed by atoms with Gasteiger partial charge in [-0.05, 0) is 68.3 Å². The smallest absolute Gasteiger partial charge is 0.300 e. The lowest BCUT2D eigenvalue weighted by atomic mass is 9.94. The molecule has 0 aromatic heterocycles. The van der Waals surface area contributed by atoms with Gasteiger partial charge in [-0.3, -0.25) is 14.5 Å². The molecule has 1 atom stereocenters. The summed E-state index contributed by atoms with van der Waals surface area (Å²) in [7, 11) is 1.43. The zero-order valence-corrected chi connectivity index (χ0v) is 20.7. The third-order valence-corrected chi connectivity index (χ3v) is 6.17. The standard InChI is InChI=1S/C28H26ClNO5/c1-5-35-20-8-6-7-18(15-20)24-23(25(31)21-13-17(3)14-22(29)27(21)34-4)26(32)28(33)30(24)19-11-9-16(2)10-12-19/h6-15,24,31H,5H2,1-4H3/b25-23+. The minimum absolute atomic E-state index is 0.0517.